The van der Waals surface area contributed by atoms with Gasteiger partial charge in [0.25, 0.3) is 5.91 Å². The largest absolute Gasteiger partial charge is 0.452 e. The molecular weight excluding hydrogens is 458 g/mol. The van der Waals surface area contributed by atoms with Crippen molar-refractivity contribution in [2.24, 2.45) is 0 Å². The van der Waals surface area contributed by atoms with Gasteiger partial charge in [-0.3, -0.25) is 9.59 Å². The van der Waals surface area contributed by atoms with Crippen molar-refractivity contribution in [1.82, 2.24) is 5.32 Å². The number of hydrogen-bond donors (Lipinski definition) is 2. The first-order valence-corrected chi connectivity index (χ1v) is 11.9. The highest BCUT2D eigenvalue weighted by Gasteiger charge is 2.16. The lowest BCUT2D eigenvalue weighted by Crippen LogP contribution is -2.30. The number of hydrogen-bond acceptors (Lipinski definition) is 7. The Morgan fingerprint density at radius 2 is 1.88 bits per heavy atom. The molecule has 0 spiro atoms. The summed E-state index contributed by atoms with van der Waals surface area (Å²) in [6.07, 6.45) is 0.722. The number of anilines is 1. The van der Waals surface area contributed by atoms with Gasteiger partial charge in [-0.05, 0) is 48.2 Å². The molecule has 7 nitrogen and oxygen atoms in total. The maximum absolute atomic E-state index is 12.5. The third-order valence-corrected chi connectivity index (χ3v) is 6.36. The van der Waals surface area contributed by atoms with Crippen LogP contribution in [0.25, 0.3) is 0 Å². The summed E-state index contributed by atoms with van der Waals surface area (Å²) >= 11 is 2.80. The summed E-state index contributed by atoms with van der Waals surface area (Å²) in [5, 5.41) is 16.4. The van der Waals surface area contributed by atoms with Crippen molar-refractivity contribution in [3.05, 3.63) is 82.0 Å². The van der Waals surface area contributed by atoms with Crippen LogP contribution in [-0.4, -0.2) is 36.7 Å². The van der Waals surface area contributed by atoms with Crippen LogP contribution in [0.4, 0.5) is 5.69 Å². The number of esters is 1. The van der Waals surface area contributed by atoms with Crippen LogP contribution in [0.5, 0.6) is 0 Å². The van der Waals surface area contributed by atoms with E-state index in [4.69, 9.17) is 10.00 Å². The number of nitriles is 1. The van der Waals surface area contributed by atoms with Gasteiger partial charge in [-0.1, -0.05) is 24.3 Å². The van der Waals surface area contributed by atoms with E-state index < -0.39 is 5.97 Å². The van der Waals surface area contributed by atoms with Crippen molar-refractivity contribution in [1.29, 1.82) is 5.26 Å². The summed E-state index contributed by atoms with van der Waals surface area (Å²) < 4.78 is 5.15. The molecule has 0 saturated carbocycles. The molecule has 3 rings (SSSR count). The van der Waals surface area contributed by atoms with E-state index in [0.29, 0.717) is 22.7 Å². The van der Waals surface area contributed by atoms with Crippen molar-refractivity contribution in [2.75, 3.05) is 24.2 Å². The topological polar surface area (TPSA) is 108 Å². The van der Waals surface area contributed by atoms with E-state index in [2.05, 4.69) is 10.6 Å². The number of nitrogens with zero attached hydrogens (tertiary/aromatic N) is 1. The quantitative estimate of drug-likeness (QED) is 0.338. The first kappa shape index (κ1) is 24.0. The second kappa shape index (κ2) is 12.4. The van der Waals surface area contributed by atoms with Crippen molar-refractivity contribution >= 4 is 46.6 Å². The van der Waals surface area contributed by atoms with E-state index in [1.54, 1.807) is 59.9 Å². The van der Waals surface area contributed by atoms with Crippen LogP contribution in [0.15, 0.2) is 70.9 Å². The van der Waals surface area contributed by atoms with E-state index in [0.717, 1.165) is 6.42 Å². The van der Waals surface area contributed by atoms with Gasteiger partial charge in [0.05, 0.1) is 22.9 Å². The molecule has 0 aliphatic carbocycles. The van der Waals surface area contributed by atoms with Gasteiger partial charge < -0.3 is 15.4 Å². The maximum Gasteiger partial charge on any atom is 0.339 e. The van der Waals surface area contributed by atoms with Gasteiger partial charge in [-0.25, -0.2) is 4.79 Å². The van der Waals surface area contributed by atoms with Crippen LogP contribution in [0.3, 0.4) is 0 Å². The Bertz CT molecular complexity index is 1160. The molecule has 0 saturated heterocycles. The molecule has 0 fully saturated rings. The van der Waals surface area contributed by atoms with E-state index in [1.807, 2.05) is 23.6 Å². The number of thioether (sulfide) groups is 1. The third-order valence-electron chi connectivity index (χ3n) is 4.35. The van der Waals surface area contributed by atoms with Gasteiger partial charge in [-0.15, -0.1) is 23.1 Å². The molecular formula is C24H21N3O4S2. The number of carbonyl (C=O) groups is 3. The smallest absolute Gasteiger partial charge is 0.339 e. The highest BCUT2D eigenvalue weighted by Crippen LogP contribution is 2.24. The lowest BCUT2D eigenvalue weighted by molar-refractivity contribution is -0.124. The van der Waals surface area contributed by atoms with Crippen molar-refractivity contribution in [3.8, 4) is 6.07 Å². The molecule has 3 aromatic rings. The normalized spacial score (nSPS) is 10.2. The molecule has 2 aromatic carbocycles. The molecule has 0 bridgehead atoms. The zero-order chi connectivity index (χ0) is 23.5. The minimum atomic E-state index is -0.631. The van der Waals surface area contributed by atoms with Gasteiger partial charge in [0, 0.05) is 22.0 Å². The Labute approximate surface area is 199 Å². The van der Waals surface area contributed by atoms with Crippen molar-refractivity contribution in [3.63, 3.8) is 0 Å². The average molecular weight is 480 g/mol. The SMILES string of the molecule is N#Cc1cccc(NC(=O)CSc2ccccc2C(=O)OCC(=O)NCCc2cccs2)c1. The first-order valence-electron chi connectivity index (χ1n) is 10.0. The molecule has 2 amide bonds. The number of amides is 2. The highest BCUT2D eigenvalue weighted by molar-refractivity contribution is 8.00. The molecule has 0 aliphatic heterocycles. The lowest BCUT2D eigenvalue weighted by atomic mass is 10.2. The van der Waals surface area contributed by atoms with E-state index in [-0.39, 0.29) is 29.7 Å². The van der Waals surface area contributed by atoms with Crippen LogP contribution < -0.4 is 10.6 Å². The second-order valence-corrected chi connectivity index (χ2v) is 8.83. The van der Waals surface area contributed by atoms with Gasteiger partial charge >= 0.3 is 5.97 Å². The molecule has 2 N–H and O–H groups in total. The third kappa shape index (κ3) is 7.79. The number of ether oxygens (including phenoxy) is 1. The Hall–Kier alpha value is -3.61. The van der Waals surface area contributed by atoms with Crippen LogP contribution in [-0.2, 0) is 20.7 Å². The molecule has 1 heterocycles. The highest BCUT2D eigenvalue weighted by atomic mass is 32.2. The molecule has 0 atom stereocenters. The van der Waals surface area contributed by atoms with Crippen molar-refractivity contribution < 1.29 is 19.1 Å². The lowest BCUT2D eigenvalue weighted by Gasteiger charge is -2.10. The molecule has 1 aromatic heterocycles. The summed E-state index contributed by atoms with van der Waals surface area (Å²) in [5.74, 6) is -1.22. The molecule has 33 heavy (non-hydrogen) atoms. The molecule has 9 heteroatoms. The molecule has 168 valence electrons. The Morgan fingerprint density at radius 1 is 1.03 bits per heavy atom. The van der Waals surface area contributed by atoms with Crippen LogP contribution in [0, 0.1) is 11.3 Å². The first-order chi connectivity index (χ1) is 16.0. The summed E-state index contributed by atoms with van der Waals surface area (Å²) in [4.78, 5) is 38.5. The standard InChI is InChI=1S/C24H21N3O4S2/c25-14-17-5-3-6-18(13-17)27-23(29)16-33-21-9-2-1-8-20(21)24(30)31-15-22(28)26-11-10-19-7-4-12-32-19/h1-9,12-13H,10-11,15-16H2,(H,26,28)(H,27,29). The van der Waals surface area contributed by atoms with Gasteiger partial charge in [0.15, 0.2) is 6.61 Å². The summed E-state index contributed by atoms with van der Waals surface area (Å²) in [7, 11) is 0. The minimum absolute atomic E-state index is 0.0598. The van der Waals surface area contributed by atoms with Crippen LogP contribution in [0.2, 0.25) is 0 Å². The molecule has 0 radical (unpaired) electrons. The fourth-order valence-corrected chi connectivity index (χ4v) is 4.36. The van der Waals surface area contributed by atoms with Gasteiger partial charge in [0.2, 0.25) is 5.91 Å². The Kier molecular flexibility index (Phi) is 9.06. The predicted molar refractivity (Wildman–Crippen MR) is 128 cm³/mol. The zero-order valence-electron chi connectivity index (χ0n) is 17.6. The van der Waals surface area contributed by atoms with Crippen molar-refractivity contribution in [2.45, 2.75) is 11.3 Å². The number of carbonyl (C=O) groups excluding carboxylic acids is 3. The Balaban J connectivity index is 1.47. The minimum Gasteiger partial charge on any atom is -0.452 e. The second-order valence-electron chi connectivity index (χ2n) is 6.78. The van der Waals surface area contributed by atoms with E-state index in [1.165, 1.54) is 16.6 Å². The van der Waals surface area contributed by atoms with Crippen LogP contribution >= 0.6 is 23.1 Å². The fourth-order valence-electron chi connectivity index (χ4n) is 2.81. The Morgan fingerprint density at radius 3 is 2.67 bits per heavy atom. The summed E-state index contributed by atoms with van der Waals surface area (Å²) in [5.41, 5.74) is 1.26. The number of benzene rings is 2. The number of rotatable bonds is 10. The number of thiophene rings is 1. The van der Waals surface area contributed by atoms with E-state index >= 15 is 0 Å². The summed E-state index contributed by atoms with van der Waals surface area (Å²) in [6, 6.07) is 19.3. The van der Waals surface area contributed by atoms with Gasteiger partial charge in [-0.2, -0.15) is 5.26 Å². The van der Waals surface area contributed by atoms with Crippen LogP contribution in [0.1, 0.15) is 20.8 Å². The summed E-state index contributed by atoms with van der Waals surface area (Å²) in [6.45, 7) is 0.0910. The average Bonchev–Trinajstić information content (AvgIpc) is 3.35. The number of nitrogens with one attached hydrogen (secondary N) is 2. The van der Waals surface area contributed by atoms with E-state index in [9.17, 15) is 14.4 Å². The monoisotopic (exact) mass is 479 g/mol. The fraction of sp³-hybridized carbons (Fsp3) is 0.167. The van der Waals surface area contributed by atoms with Gasteiger partial charge in [0.1, 0.15) is 0 Å². The molecule has 0 aliphatic rings. The maximum atomic E-state index is 12.5. The predicted octanol–water partition coefficient (Wildman–Crippen LogP) is 3.87. The molecule has 0 unspecified atom stereocenters. The zero-order valence-corrected chi connectivity index (χ0v) is 19.2.